The molecule has 240 valence electrons. The Morgan fingerprint density at radius 2 is 1.73 bits per heavy atom. The van der Waals surface area contributed by atoms with Crippen LogP contribution in [0.15, 0.2) is 60.7 Å². The summed E-state index contributed by atoms with van der Waals surface area (Å²) in [5, 5.41) is 14.8. The zero-order valence-electron chi connectivity index (χ0n) is 25.9. The molecule has 3 aromatic carbocycles. The second-order valence-corrected chi connectivity index (χ2v) is 11.0. The second kappa shape index (κ2) is 15.2. The Morgan fingerprint density at radius 1 is 0.978 bits per heavy atom. The molecule has 11 nitrogen and oxygen atoms in total. The van der Waals surface area contributed by atoms with E-state index >= 15 is 0 Å². The maximum Gasteiger partial charge on any atom is 0.325 e. The number of carbonyl (C=O) groups is 2. The Morgan fingerprint density at radius 3 is 2.44 bits per heavy atom. The first-order chi connectivity index (χ1) is 21.9. The van der Waals surface area contributed by atoms with Crippen molar-refractivity contribution in [3.8, 4) is 11.5 Å². The van der Waals surface area contributed by atoms with E-state index in [4.69, 9.17) is 23.7 Å². The standard InChI is InChI=1S/C34H41N3O8/c1-4-43-32(39)18-35-34(40)36-27-7-5-6-25(14-27)33-44-28(17-29(45-33)23-10-8-22(21-38)9-11-23)20-37-13-12-24-15-30(41-2)31(42-3)16-26(24)19-37/h5-11,14-16,28-29,33,38H,4,12-13,17-21H2,1-3H3,(H2,35,36,40)/t28-,29+,33+/m0/s1. The molecule has 0 spiro atoms. The van der Waals surface area contributed by atoms with Gasteiger partial charge in [-0.1, -0.05) is 36.4 Å². The van der Waals surface area contributed by atoms with Crippen molar-refractivity contribution in [2.24, 2.45) is 0 Å². The molecule has 3 aromatic rings. The molecule has 0 aliphatic carbocycles. The van der Waals surface area contributed by atoms with Crippen LogP contribution in [0.5, 0.6) is 11.5 Å². The number of carbonyl (C=O) groups excluding carboxylic acids is 2. The van der Waals surface area contributed by atoms with Crippen molar-refractivity contribution >= 4 is 17.7 Å². The summed E-state index contributed by atoms with van der Waals surface area (Å²) in [6, 6.07) is 18.7. The Hall–Kier alpha value is -4.16. The molecule has 3 atom stereocenters. The number of amides is 2. The number of hydrogen-bond donors (Lipinski definition) is 3. The molecule has 1 saturated heterocycles. The van der Waals surface area contributed by atoms with Crippen LogP contribution in [0, 0.1) is 0 Å². The van der Waals surface area contributed by atoms with Gasteiger partial charge < -0.3 is 39.4 Å². The Balaban J connectivity index is 1.31. The van der Waals surface area contributed by atoms with Crippen LogP contribution in [0.3, 0.4) is 0 Å². The first kappa shape index (κ1) is 32.2. The number of aliphatic hydroxyl groups is 1. The number of benzene rings is 3. The summed E-state index contributed by atoms with van der Waals surface area (Å²) in [6.45, 7) is 4.04. The van der Waals surface area contributed by atoms with Crippen molar-refractivity contribution in [3.63, 3.8) is 0 Å². The molecule has 5 rings (SSSR count). The van der Waals surface area contributed by atoms with Gasteiger partial charge in [0.1, 0.15) is 6.54 Å². The van der Waals surface area contributed by atoms with Crippen LogP contribution in [-0.4, -0.2) is 68.6 Å². The van der Waals surface area contributed by atoms with Gasteiger partial charge in [0.2, 0.25) is 0 Å². The number of rotatable bonds is 11. The van der Waals surface area contributed by atoms with E-state index in [9.17, 15) is 14.7 Å². The highest BCUT2D eigenvalue weighted by Crippen LogP contribution is 2.39. The van der Waals surface area contributed by atoms with Gasteiger partial charge in [0.05, 0.1) is 39.6 Å². The van der Waals surface area contributed by atoms with E-state index in [2.05, 4.69) is 27.7 Å². The van der Waals surface area contributed by atoms with Gasteiger partial charge in [0.15, 0.2) is 17.8 Å². The average molecular weight is 620 g/mol. The fraction of sp³-hybridized carbons (Fsp3) is 0.412. The smallest absolute Gasteiger partial charge is 0.325 e. The summed E-state index contributed by atoms with van der Waals surface area (Å²) in [7, 11) is 3.30. The number of urea groups is 1. The van der Waals surface area contributed by atoms with Gasteiger partial charge in [0.25, 0.3) is 0 Å². The van der Waals surface area contributed by atoms with Crippen molar-refractivity contribution in [2.75, 3.05) is 45.8 Å². The van der Waals surface area contributed by atoms with Gasteiger partial charge in [-0.25, -0.2) is 4.79 Å². The number of nitrogens with zero attached hydrogens (tertiary/aromatic N) is 1. The molecule has 2 amide bonds. The number of anilines is 1. The van der Waals surface area contributed by atoms with Gasteiger partial charge >= 0.3 is 12.0 Å². The lowest BCUT2D eigenvalue weighted by Crippen LogP contribution is -2.41. The van der Waals surface area contributed by atoms with Crippen molar-refractivity contribution in [3.05, 3.63) is 88.5 Å². The number of hydrogen-bond acceptors (Lipinski definition) is 9. The minimum absolute atomic E-state index is 0.0274. The highest BCUT2D eigenvalue weighted by atomic mass is 16.7. The minimum atomic E-state index is -0.683. The van der Waals surface area contributed by atoms with Gasteiger partial charge in [-0.05, 0) is 59.9 Å². The van der Waals surface area contributed by atoms with Crippen molar-refractivity contribution in [1.82, 2.24) is 10.2 Å². The van der Waals surface area contributed by atoms with Crippen LogP contribution >= 0.6 is 0 Å². The third-order valence-electron chi connectivity index (χ3n) is 7.99. The van der Waals surface area contributed by atoms with Crippen LogP contribution in [-0.2, 0) is 38.6 Å². The molecule has 0 unspecified atom stereocenters. The number of nitrogens with one attached hydrogen (secondary N) is 2. The van der Waals surface area contributed by atoms with E-state index in [0.29, 0.717) is 18.7 Å². The first-order valence-electron chi connectivity index (χ1n) is 15.2. The summed E-state index contributed by atoms with van der Waals surface area (Å²) in [5.74, 6) is 0.948. The fourth-order valence-corrected chi connectivity index (χ4v) is 5.72. The largest absolute Gasteiger partial charge is 0.493 e. The third kappa shape index (κ3) is 8.31. The quantitative estimate of drug-likeness (QED) is 0.266. The topological polar surface area (TPSA) is 128 Å². The van der Waals surface area contributed by atoms with E-state index in [0.717, 1.165) is 47.7 Å². The van der Waals surface area contributed by atoms with Crippen molar-refractivity contribution in [2.45, 2.75) is 51.4 Å². The monoisotopic (exact) mass is 619 g/mol. The number of aliphatic hydroxyl groups excluding tert-OH is 1. The Bertz CT molecular complexity index is 1460. The Kier molecular flexibility index (Phi) is 10.9. The average Bonchev–Trinajstić information content (AvgIpc) is 3.06. The molecule has 11 heteroatoms. The molecule has 0 saturated carbocycles. The van der Waals surface area contributed by atoms with Gasteiger partial charge in [-0.3, -0.25) is 9.69 Å². The maximum atomic E-state index is 12.4. The third-order valence-corrected chi connectivity index (χ3v) is 7.99. The summed E-state index contributed by atoms with van der Waals surface area (Å²) < 4.78 is 29.0. The van der Waals surface area contributed by atoms with Crippen LogP contribution < -0.4 is 20.1 Å². The number of fused-ring (bicyclic) bond motifs is 1. The number of methoxy groups -OCH3 is 2. The molecule has 0 aromatic heterocycles. The predicted molar refractivity (Wildman–Crippen MR) is 167 cm³/mol. The lowest BCUT2D eigenvalue weighted by Gasteiger charge is -2.39. The van der Waals surface area contributed by atoms with Gasteiger partial charge in [-0.15, -0.1) is 0 Å². The molecule has 0 radical (unpaired) electrons. The molecule has 45 heavy (non-hydrogen) atoms. The molecule has 2 aliphatic rings. The van der Waals surface area contributed by atoms with E-state index in [1.54, 1.807) is 33.3 Å². The lowest BCUT2D eigenvalue weighted by atomic mass is 9.97. The first-order valence-corrected chi connectivity index (χ1v) is 15.2. The van der Waals surface area contributed by atoms with Crippen LogP contribution in [0.2, 0.25) is 0 Å². The lowest BCUT2D eigenvalue weighted by molar-refractivity contribution is -0.253. The summed E-state index contributed by atoms with van der Waals surface area (Å²) >= 11 is 0. The summed E-state index contributed by atoms with van der Waals surface area (Å²) in [5.41, 5.74) is 5.58. The van der Waals surface area contributed by atoms with Gasteiger partial charge in [-0.2, -0.15) is 0 Å². The SMILES string of the molecule is CCOC(=O)CNC(=O)Nc1cccc([C@@H]2O[C@H](CN3CCc4cc(OC)c(OC)cc4C3)C[C@H](c3ccc(CO)cc3)O2)c1. The highest BCUT2D eigenvalue weighted by molar-refractivity contribution is 5.91. The molecule has 2 heterocycles. The summed E-state index contributed by atoms with van der Waals surface area (Å²) in [6.07, 6.45) is 0.473. The van der Waals surface area contributed by atoms with E-state index < -0.39 is 18.3 Å². The fourth-order valence-electron chi connectivity index (χ4n) is 5.72. The zero-order chi connectivity index (χ0) is 31.8. The second-order valence-electron chi connectivity index (χ2n) is 11.0. The maximum absolute atomic E-state index is 12.4. The highest BCUT2D eigenvalue weighted by Gasteiger charge is 2.34. The van der Waals surface area contributed by atoms with E-state index in [1.807, 2.05) is 36.4 Å². The molecule has 0 bridgehead atoms. The van der Waals surface area contributed by atoms with Crippen LogP contribution in [0.1, 0.15) is 53.6 Å². The van der Waals surface area contributed by atoms with E-state index in [1.165, 1.54) is 11.1 Å². The molecule has 3 N–H and O–H groups in total. The number of esters is 1. The van der Waals surface area contributed by atoms with Crippen LogP contribution in [0.25, 0.3) is 0 Å². The minimum Gasteiger partial charge on any atom is -0.493 e. The summed E-state index contributed by atoms with van der Waals surface area (Å²) in [4.78, 5) is 26.4. The predicted octanol–water partition coefficient (Wildman–Crippen LogP) is 4.48. The van der Waals surface area contributed by atoms with Crippen molar-refractivity contribution in [1.29, 1.82) is 0 Å². The van der Waals surface area contributed by atoms with E-state index in [-0.39, 0.29) is 32.0 Å². The van der Waals surface area contributed by atoms with Gasteiger partial charge in [0, 0.05) is 37.3 Å². The zero-order valence-corrected chi connectivity index (χ0v) is 25.9. The molecular weight excluding hydrogens is 578 g/mol. The number of ether oxygens (including phenoxy) is 5. The normalized spacial score (nSPS) is 19.7. The Labute approximate surface area is 263 Å². The van der Waals surface area contributed by atoms with Crippen molar-refractivity contribution < 1.29 is 38.4 Å². The molecule has 2 aliphatic heterocycles. The molecular formula is C34H41N3O8. The molecule has 1 fully saturated rings. The van der Waals surface area contributed by atoms with Crippen LogP contribution in [0.4, 0.5) is 10.5 Å².